The minimum Gasteiger partial charge on any atom is -0.477 e. The third-order valence-electron chi connectivity index (χ3n) is 3.18. The molecule has 0 bridgehead atoms. The normalized spacial score (nSPS) is 11.4. The number of nitrogens with one attached hydrogen (secondary N) is 1. The number of nitrogens with zero attached hydrogens (tertiary/aromatic N) is 1. The summed E-state index contributed by atoms with van der Waals surface area (Å²) in [5, 5.41) is 14.5. The highest BCUT2D eigenvalue weighted by Crippen LogP contribution is 2.35. The van der Waals surface area contributed by atoms with Gasteiger partial charge in [0.05, 0.1) is 10.2 Å². The van der Waals surface area contributed by atoms with Gasteiger partial charge in [0.25, 0.3) is 0 Å². The Balaban J connectivity index is 2.09. The molecule has 3 rings (SSSR count). The lowest BCUT2D eigenvalue weighted by molar-refractivity contribution is 0.0691. The topological polar surface area (TPSA) is 75.4 Å². The van der Waals surface area contributed by atoms with Gasteiger partial charge in [-0.1, -0.05) is 12.1 Å². The van der Waals surface area contributed by atoms with Gasteiger partial charge in [-0.3, -0.25) is 0 Å². The van der Waals surface area contributed by atoms with Crippen molar-refractivity contribution in [2.24, 2.45) is 0 Å². The summed E-state index contributed by atoms with van der Waals surface area (Å²) in [4.78, 5) is 16.6. The summed E-state index contributed by atoms with van der Waals surface area (Å²) in [6.45, 7) is 2.47. The number of allylic oxidation sites excluding steroid dienone is 1. The molecule has 3 heterocycles. The third kappa shape index (κ3) is 3.16. The maximum absolute atomic E-state index is 11.3. The molecule has 3 aromatic heterocycles. The average molecular weight is 393 g/mol. The van der Waals surface area contributed by atoms with Gasteiger partial charge in [-0.25, -0.2) is 9.78 Å². The van der Waals surface area contributed by atoms with Crippen molar-refractivity contribution in [3.8, 4) is 0 Å². The van der Waals surface area contributed by atoms with Crippen molar-refractivity contribution in [3.63, 3.8) is 0 Å². The lowest BCUT2D eigenvalue weighted by atomic mass is 10.2. The molecule has 118 valence electrons. The number of hydrogen-bond donors (Lipinski definition) is 2. The highest BCUT2D eigenvalue weighted by molar-refractivity contribution is 9.10. The summed E-state index contributed by atoms with van der Waals surface area (Å²) in [5.74, 6) is -0.469. The van der Waals surface area contributed by atoms with Crippen LogP contribution in [0.1, 0.15) is 28.0 Å². The van der Waals surface area contributed by atoms with E-state index in [2.05, 4.69) is 26.2 Å². The van der Waals surface area contributed by atoms with E-state index in [0.29, 0.717) is 33.6 Å². The van der Waals surface area contributed by atoms with Gasteiger partial charge in [-0.05, 0) is 46.4 Å². The molecular weight excluding hydrogens is 380 g/mol. The fourth-order valence-electron chi connectivity index (χ4n) is 2.15. The molecule has 2 N–H and O–H groups in total. The minimum absolute atomic E-state index is 0.0280. The molecule has 0 aromatic carbocycles. The van der Waals surface area contributed by atoms with Crippen molar-refractivity contribution >= 4 is 56.1 Å². The van der Waals surface area contributed by atoms with Crippen molar-refractivity contribution in [1.29, 1.82) is 0 Å². The van der Waals surface area contributed by atoms with E-state index < -0.39 is 5.97 Å². The van der Waals surface area contributed by atoms with Gasteiger partial charge in [-0.2, -0.15) is 0 Å². The number of carboxylic acid groups (broad SMARTS) is 1. The second-order valence-electron chi connectivity index (χ2n) is 4.75. The Morgan fingerprint density at radius 3 is 3.04 bits per heavy atom. The van der Waals surface area contributed by atoms with Crippen LogP contribution in [0.3, 0.4) is 0 Å². The summed E-state index contributed by atoms with van der Waals surface area (Å²) in [6.07, 6.45) is 3.65. The largest absolute Gasteiger partial charge is 0.477 e. The SMILES string of the molecule is C/C=C\c1oc2c(NCc3cccs3)cc(C(=O)O)nc2c1Br. The molecule has 5 nitrogen and oxygen atoms in total. The summed E-state index contributed by atoms with van der Waals surface area (Å²) < 4.78 is 6.47. The zero-order valence-electron chi connectivity index (χ0n) is 12.2. The number of furan rings is 1. The van der Waals surface area contributed by atoms with E-state index in [1.54, 1.807) is 17.4 Å². The first-order valence-electron chi connectivity index (χ1n) is 6.85. The van der Waals surface area contributed by atoms with Gasteiger partial charge in [0.2, 0.25) is 0 Å². The van der Waals surface area contributed by atoms with E-state index in [0.717, 1.165) is 4.88 Å². The molecule has 0 fully saturated rings. The van der Waals surface area contributed by atoms with Crippen LogP contribution in [0.25, 0.3) is 17.2 Å². The van der Waals surface area contributed by atoms with Gasteiger partial charge in [0, 0.05) is 11.4 Å². The zero-order chi connectivity index (χ0) is 16.4. The predicted octanol–water partition coefficient (Wildman–Crippen LogP) is 5.00. The number of thiophene rings is 1. The number of anilines is 1. The molecule has 23 heavy (non-hydrogen) atoms. The number of pyridine rings is 1. The molecule has 0 spiro atoms. The van der Waals surface area contributed by atoms with E-state index >= 15 is 0 Å². The van der Waals surface area contributed by atoms with Crippen molar-refractivity contribution in [1.82, 2.24) is 4.98 Å². The van der Waals surface area contributed by atoms with Crippen LogP contribution in [0.15, 0.2) is 38.5 Å². The Kier molecular flexibility index (Phi) is 4.49. The minimum atomic E-state index is -1.08. The van der Waals surface area contributed by atoms with Gasteiger partial charge >= 0.3 is 5.97 Å². The van der Waals surface area contributed by atoms with Crippen LogP contribution in [-0.4, -0.2) is 16.1 Å². The molecule has 3 aromatic rings. The summed E-state index contributed by atoms with van der Waals surface area (Å²) in [7, 11) is 0. The smallest absolute Gasteiger partial charge is 0.354 e. The lowest BCUT2D eigenvalue weighted by Crippen LogP contribution is -2.04. The summed E-state index contributed by atoms with van der Waals surface area (Å²) in [5.41, 5.74) is 1.61. The van der Waals surface area contributed by atoms with Gasteiger partial charge in [0.15, 0.2) is 11.3 Å². The standard InChI is InChI=1S/C16H13BrN2O3S/c1-2-4-12-13(17)14-15(22-12)10(7-11(19-14)16(20)21)18-8-9-5-3-6-23-9/h2-7H,8H2,1H3,(H,18,19)(H,20,21)/b4-2-. The number of aromatic nitrogens is 1. The fraction of sp³-hybridized carbons (Fsp3) is 0.125. The molecule has 0 aliphatic rings. The Bertz CT molecular complexity index is 885. The number of aromatic carboxylic acids is 1. The summed E-state index contributed by atoms with van der Waals surface area (Å²) >= 11 is 5.06. The molecule has 0 radical (unpaired) electrons. The van der Waals surface area contributed by atoms with Crippen molar-refractivity contribution < 1.29 is 14.3 Å². The second-order valence-corrected chi connectivity index (χ2v) is 6.58. The Labute approximate surface area is 144 Å². The van der Waals surface area contributed by atoms with Crippen LogP contribution in [0.2, 0.25) is 0 Å². The van der Waals surface area contributed by atoms with Gasteiger partial charge < -0.3 is 14.8 Å². The van der Waals surface area contributed by atoms with Crippen LogP contribution in [0.5, 0.6) is 0 Å². The highest BCUT2D eigenvalue weighted by Gasteiger charge is 2.19. The highest BCUT2D eigenvalue weighted by atomic mass is 79.9. The fourth-order valence-corrected chi connectivity index (χ4v) is 3.28. The molecular formula is C16H13BrN2O3S. The van der Waals surface area contributed by atoms with Crippen LogP contribution in [-0.2, 0) is 6.54 Å². The lowest BCUT2D eigenvalue weighted by Gasteiger charge is -2.06. The van der Waals surface area contributed by atoms with Crippen molar-refractivity contribution in [2.45, 2.75) is 13.5 Å². The number of carboxylic acids is 1. The number of fused-ring (bicyclic) bond motifs is 1. The maximum Gasteiger partial charge on any atom is 0.354 e. The molecule has 0 atom stereocenters. The molecule has 0 saturated carbocycles. The molecule has 0 saturated heterocycles. The van der Waals surface area contributed by atoms with Crippen LogP contribution < -0.4 is 5.32 Å². The van der Waals surface area contributed by atoms with Gasteiger partial charge in [-0.15, -0.1) is 11.3 Å². The summed E-state index contributed by atoms with van der Waals surface area (Å²) in [6, 6.07) is 5.48. The van der Waals surface area contributed by atoms with Crippen LogP contribution >= 0.6 is 27.3 Å². The van der Waals surface area contributed by atoms with Gasteiger partial charge in [0.1, 0.15) is 11.3 Å². The maximum atomic E-state index is 11.3. The van der Waals surface area contributed by atoms with Crippen LogP contribution in [0.4, 0.5) is 5.69 Å². The Morgan fingerprint density at radius 1 is 1.57 bits per heavy atom. The molecule has 7 heteroatoms. The van der Waals surface area contributed by atoms with E-state index in [4.69, 9.17) is 4.42 Å². The number of rotatable bonds is 5. The van der Waals surface area contributed by atoms with Crippen molar-refractivity contribution in [2.75, 3.05) is 5.32 Å². The van der Waals surface area contributed by atoms with E-state index in [1.165, 1.54) is 6.07 Å². The first-order chi connectivity index (χ1) is 11.1. The zero-order valence-corrected chi connectivity index (χ0v) is 14.6. The first kappa shape index (κ1) is 15.8. The van der Waals surface area contributed by atoms with E-state index in [-0.39, 0.29) is 5.69 Å². The number of hydrogen-bond acceptors (Lipinski definition) is 5. The predicted molar refractivity (Wildman–Crippen MR) is 95.0 cm³/mol. The average Bonchev–Trinajstić information content (AvgIpc) is 3.15. The quantitative estimate of drug-likeness (QED) is 0.639. The van der Waals surface area contributed by atoms with E-state index in [9.17, 15) is 9.90 Å². The Morgan fingerprint density at radius 2 is 2.39 bits per heavy atom. The third-order valence-corrected chi connectivity index (χ3v) is 4.82. The molecule has 0 aliphatic heterocycles. The molecule has 0 amide bonds. The van der Waals surface area contributed by atoms with Crippen LogP contribution in [0, 0.1) is 0 Å². The first-order valence-corrected chi connectivity index (χ1v) is 8.52. The molecule has 0 unspecified atom stereocenters. The second kappa shape index (κ2) is 6.55. The number of halogens is 1. The number of carbonyl (C=O) groups is 1. The molecule has 0 aliphatic carbocycles. The monoisotopic (exact) mass is 392 g/mol. The van der Waals surface area contributed by atoms with E-state index in [1.807, 2.05) is 30.5 Å². The van der Waals surface area contributed by atoms with Crippen molar-refractivity contribution in [3.05, 3.63) is 50.5 Å². The Hall–Kier alpha value is -2.12.